The molecule has 32 heavy (non-hydrogen) atoms. The molecule has 7 heteroatoms. The zero-order valence-corrected chi connectivity index (χ0v) is 16.9. The molecule has 0 fully saturated rings. The summed E-state index contributed by atoms with van der Waals surface area (Å²) in [5.41, 5.74) is 9.66. The van der Waals surface area contributed by atoms with Crippen LogP contribution in [0.3, 0.4) is 0 Å². The lowest BCUT2D eigenvalue weighted by atomic mass is 9.98. The molecule has 0 aliphatic carbocycles. The zero-order valence-electron chi connectivity index (χ0n) is 16.9. The molecule has 0 bridgehead atoms. The molecule has 156 valence electrons. The summed E-state index contributed by atoms with van der Waals surface area (Å²) in [6.45, 7) is 0.447. The Labute approximate surface area is 184 Å². The molecule has 0 radical (unpaired) electrons. The van der Waals surface area contributed by atoms with Crippen molar-refractivity contribution in [2.45, 2.75) is 6.61 Å². The number of benzene rings is 3. The first-order valence-corrected chi connectivity index (χ1v) is 9.78. The van der Waals surface area contributed by atoms with Crippen molar-refractivity contribution in [3.05, 3.63) is 106 Å². The predicted molar refractivity (Wildman–Crippen MR) is 122 cm³/mol. The highest BCUT2D eigenvalue weighted by atomic mass is 16.6. The average molecular weight is 422 g/mol. The van der Waals surface area contributed by atoms with Crippen LogP contribution in [0.25, 0.3) is 22.4 Å². The van der Waals surface area contributed by atoms with Gasteiger partial charge in [0.2, 0.25) is 0 Å². The zero-order chi connectivity index (χ0) is 22.5. The van der Waals surface area contributed by atoms with Crippen molar-refractivity contribution in [1.29, 1.82) is 5.26 Å². The predicted octanol–water partition coefficient (Wildman–Crippen LogP) is 5.36. The molecule has 2 N–H and O–H groups in total. The number of nitro groups is 1. The second-order valence-corrected chi connectivity index (χ2v) is 7.03. The van der Waals surface area contributed by atoms with Crippen LogP contribution < -0.4 is 10.5 Å². The van der Waals surface area contributed by atoms with Crippen molar-refractivity contribution in [2.24, 2.45) is 0 Å². The molecule has 0 aliphatic rings. The molecule has 0 unspecified atom stereocenters. The van der Waals surface area contributed by atoms with E-state index in [0.717, 1.165) is 11.1 Å². The van der Waals surface area contributed by atoms with E-state index in [1.807, 2.05) is 54.6 Å². The van der Waals surface area contributed by atoms with E-state index < -0.39 is 4.92 Å². The molecule has 4 aromatic rings. The van der Waals surface area contributed by atoms with Crippen LogP contribution in [0.1, 0.15) is 11.1 Å². The van der Waals surface area contributed by atoms with Crippen molar-refractivity contribution in [3.63, 3.8) is 0 Å². The molecule has 0 atom stereocenters. The fourth-order valence-corrected chi connectivity index (χ4v) is 3.31. The number of hydrogen-bond donors (Lipinski definition) is 1. The summed E-state index contributed by atoms with van der Waals surface area (Å²) in [4.78, 5) is 14.9. The fraction of sp³-hybridized carbons (Fsp3) is 0.0400. The summed E-state index contributed by atoms with van der Waals surface area (Å²) < 4.78 is 5.83. The number of aromatic nitrogens is 1. The standard InChI is InChI=1S/C25H18N4O3/c26-15-23-22(14-24(28-25(23)27)19-7-4-8-20(13-19)29(30)31)18-9-11-21(12-10-18)32-16-17-5-2-1-3-6-17/h1-14H,16H2,(H2,27,28). The third-order valence-electron chi connectivity index (χ3n) is 4.93. The number of nitro benzene ring substituents is 1. The van der Waals surface area contributed by atoms with E-state index in [0.29, 0.717) is 29.2 Å². The Bertz CT molecular complexity index is 1310. The SMILES string of the molecule is N#Cc1c(-c2ccc(OCc3ccccc3)cc2)cc(-c2cccc([N+](=O)[O-])c2)nc1N. The second kappa shape index (κ2) is 8.98. The van der Waals surface area contributed by atoms with Gasteiger partial charge in [-0.3, -0.25) is 10.1 Å². The highest BCUT2D eigenvalue weighted by molar-refractivity contribution is 5.80. The topological polar surface area (TPSA) is 115 Å². The van der Waals surface area contributed by atoms with Gasteiger partial charge < -0.3 is 10.5 Å². The molecule has 3 aromatic carbocycles. The third kappa shape index (κ3) is 4.40. The molecule has 0 aliphatic heterocycles. The van der Waals surface area contributed by atoms with Gasteiger partial charge in [0.25, 0.3) is 5.69 Å². The third-order valence-corrected chi connectivity index (χ3v) is 4.93. The van der Waals surface area contributed by atoms with Crippen LogP contribution in [-0.2, 0) is 6.61 Å². The van der Waals surface area contributed by atoms with Crippen molar-refractivity contribution < 1.29 is 9.66 Å². The van der Waals surface area contributed by atoms with E-state index in [9.17, 15) is 15.4 Å². The number of nitrogens with two attached hydrogens (primary N) is 1. The molecule has 1 aromatic heterocycles. The number of hydrogen-bond acceptors (Lipinski definition) is 6. The largest absolute Gasteiger partial charge is 0.489 e. The summed E-state index contributed by atoms with van der Waals surface area (Å²) in [6, 6.07) is 27.1. The first-order chi connectivity index (χ1) is 15.5. The first kappa shape index (κ1) is 20.6. The maximum atomic E-state index is 11.1. The van der Waals surface area contributed by atoms with E-state index in [2.05, 4.69) is 11.1 Å². The molecule has 0 spiro atoms. The van der Waals surface area contributed by atoms with Gasteiger partial charge in [0.05, 0.1) is 10.6 Å². The number of non-ortho nitro benzene ring substituents is 1. The Kier molecular flexibility index (Phi) is 5.77. The molecular formula is C25H18N4O3. The first-order valence-electron chi connectivity index (χ1n) is 9.78. The van der Waals surface area contributed by atoms with Crippen LogP contribution in [0.15, 0.2) is 84.9 Å². The minimum Gasteiger partial charge on any atom is -0.489 e. The van der Waals surface area contributed by atoms with Gasteiger partial charge in [-0.2, -0.15) is 5.26 Å². The van der Waals surface area contributed by atoms with Crippen LogP contribution in [0.4, 0.5) is 11.5 Å². The smallest absolute Gasteiger partial charge is 0.270 e. The Morgan fingerprint density at radius 3 is 2.41 bits per heavy atom. The van der Waals surface area contributed by atoms with Gasteiger partial charge in [-0.15, -0.1) is 0 Å². The Morgan fingerprint density at radius 2 is 1.72 bits per heavy atom. The van der Waals surface area contributed by atoms with Crippen LogP contribution in [-0.4, -0.2) is 9.91 Å². The van der Waals surface area contributed by atoms with Crippen LogP contribution in [0.5, 0.6) is 5.75 Å². The van der Waals surface area contributed by atoms with E-state index in [-0.39, 0.29) is 17.1 Å². The van der Waals surface area contributed by atoms with Crippen molar-refractivity contribution >= 4 is 11.5 Å². The minimum atomic E-state index is -0.467. The maximum Gasteiger partial charge on any atom is 0.270 e. The fourth-order valence-electron chi connectivity index (χ4n) is 3.31. The van der Waals surface area contributed by atoms with Crippen molar-refractivity contribution in [3.8, 4) is 34.2 Å². The number of ether oxygens (including phenoxy) is 1. The normalized spacial score (nSPS) is 10.3. The highest BCUT2D eigenvalue weighted by Gasteiger charge is 2.15. The van der Waals surface area contributed by atoms with Crippen LogP contribution in [0.2, 0.25) is 0 Å². The van der Waals surface area contributed by atoms with Crippen LogP contribution in [0, 0.1) is 21.4 Å². The monoisotopic (exact) mass is 422 g/mol. The molecule has 0 saturated heterocycles. The quantitative estimate of drug-likeness (QED) is 0.330. The van der Waals surface area contributed by atoms with Gasteiger partial charge in [-0.1, -0.05) is 54.6 Å². The Balaban J connectivity index is 1.66. The van der Waals surface area contributed by atoms with Gasteiger partial charge in [0.15, 0.2) is 0 Å². The number of nitrogen functional groups attached to an aromatic ring is 1. The van der Waals surface area contributed by atoms with Gasteiger partial charge >= 0.3 is 0 Å². The van der Waals surface area contributed by atoms with Gasteiger partial charge in [0, 0.05) is 23.3 Å². The van der Waals surface area contributed by atoms with E-state index in [1.54, 1.807) is 18.2 Å². The molecule has 7 nitrogen and oxygen atoms in total. The summed E-state index contributed by atoms with van der Waals surface area (Å²) in [5.74, 6) is 0.757. The number of nitriles is 1. The van der Waals surface area contributed by atoms with Gasteiger partial charge in [-0.25, -0.2) is 4.98 Å². The summed E-state index contributed by atoms with van der Waals surface area (Å²) in [6.07, 6.45) is 0. The molecular weight excluding hydrogens is 404 g/mol. The van der Waals surface area contributed by atoms with E-state index in [4.69, 9.17) is 10.5 Å². The van der Waals surface area contributed by atoms with E-state index in [1.165, 1.54) is 12.1 Å². The average Bonchev–Trinajstić information content (AvgIpc) is 2.83. The highest BCUT2D eigenvalue weighted by Crippen LogP contribution is 2.33. The lowest BCUT2D eigenvalue weighted by Gasteiger charge is -2.11. The number of nitrogens with zero attached hydrogens (tertiary/aromatic N) is 3. The summed E-state index contributed by atoms with van der Waals surface area (Å²) >= 11 is 0. The molecule has 1 heterocycles. The molecule has 4 rings (SSSR count). The second-order valence-electron chi connectivity index (χ2n) is 7.03. The lowest BCUT2D eigenvalue weighted by molar-refractivity contribution is -0.384. The molecule has 0 saturated carbocycles. The maximum absolute atomic E-state index is 11.1. The van der Waals surface area contributed by atoms with Crippen molar-refractivity contribution in [1.82, 2.24) is 4.98 Å². The van der Waals surface area contributed by atoms with Gasteiger partial charge in [0.1, 0.15) is 29.8 Å². The summed E-state index contributed by atoms with van der Waals surface area (Å²) in [5, 5.41) is 20.7. The molecule has 0 amide bonds. The lowest BCUT2D eigenvalue weighted by Crippen LogP contribution is -2.00. The Morgan fingerprint density at radius 1 is 0.969 bits per heavy atom. The minimum absolute atomic E-state index is 0.0475. The van der Waals surface area contributed by atoms with Crippen LogP contribution >= 0.6 is 0 Å². The Hall–Kier alpha value is -4.70. The number of rotatable bonds is 6. The van der Waals surface area contributed by atoms with Gasteiger partial charge in [-0.05, 0) is 29.3 Å². The van der Waals surface area contributed by atoms with Crippen molar-refractivity contribution in [2.75, 3.05) is 5.73 Å². The number of anilines is 1. The van der Waals surface area contributed by atoms with E-state index >= 15 is 0 Å². The summed E-state index contributed by atoms with van der Waals surface area (Å²) in [7, 11) is 0. The number of pyridine rings is 1.